The molecule has 0 bridgehead atoms. The predicted octanol–water partition coefficient (Wildman–Crippen LogP) is 3.48. The van der Waals surface area contributed by atoms with Crippen molar-refractivity contribution < 1.29 is 0 Å². The van der Waals surface area contributed by atoms with Crippen LogP contribution in [0.1, 0.15) is 20.3 Å². The van der Waals surface area contributed by atoms with Crippen LogP contribution >= 0.6 is 15.9 Å². The average molecular weight is 269 g/mol. The van der Waals surface area contributed by atoms with Crippen LogP contribution in [0.5, 0.6) is 0 Å². The highest BCUT2D eigenvalue weighted by atomic mass is 79.9. The molecule has 1 aromatic carbocycles. The maximum absolute atomic E-state index is 3.51. The standard InChI is InChI=1S/C12H17BrN2/c1-9(2)15-7-3-6-14-11-8-10(13)4-5-12(11)15/h4-5,8-9,14H,3,6-7H2,1-2H3. The summed E-state index contributed by atoms with van der Waals surface area (Å²) in [6.07, 6.45) is 1.20. The minimum absolute atomic E-state index is 0.560. The van der Waals surface area contributed by atoms with Crippen molar-refractivity contribution in [2.75, 3.05) is 23.3 Å². The summed E-state index contributed by atoms with van der Waals surface area (Å²) in [6, 6.07) is 7.03. The van der Waals surface area contributed by atoms with E-state index in [4.69, 9.17) is 0 Å². The molecule has 0 radical (unpaired) electrons. The van der Waals surface area contributed by atoms with Crippen molar-refractivity contribution in [3.8, 4) is 0 Å². The number of hydrogen-bond donors (Lipinski definition) is 1. The highest BCUT2D eigenvalue weighted by Crippen LogP contribution is 2.32. The smallest absolute Gasteiger partial charge is 0.0605 e. The Bertz CT molecular complexity index is 349. The van der Waals surface area contributed by atoms with Gasteiger partial charge in [0.05, 0.1) is 11.4 Å². The summed E-state index contributed by atoms with van der Waals surface area (Å²) in [7, 11) is 0. The molecule has 1 heterocycles. The molecule has 0 aliphatic carbocycles. The van der Waals surface area contributed by atoms with E-state index in [0.717, 1.165) is 17.6 Å². The predicted molar refractivity (Wildman–Crippen MR) is 69.7 cm³/mol. The molecule has 3 heteroatoms. The zero-order valence-corrected chi connectivity index (χ0v) is 10.8. The molecule has 2 nitrogen and oxygen atoms in total. The van der Waals surface area contributed by atoms with Crippen molar-refractivity contribution in [2.24, 2.45) is 0 Å². The van der Waals surface area contributed by atoms with Crippen molar-refractivity contribution in [1.82, 2.24) is 0 Å². The molecule has 0 saturated carbocycles. The van der Waals surface area contributed by atoms with Crippen LogP contribution in [-0.2, 0) is 0 Å². The van der Waals surface area contributed by atoms with E-state index in [1.165, 1.54) is 17.8 Å². The Kier molecular flexibility index (Phi) is 3.19. The first-order valence-corrected chi connectivity index (χ1v) is 6.28. The Hall–Kier alpha value is -0.700. The molecule has 0 amide bonds. The number of halogens is 1. The number of nitrogens with one attached hydrogen (secondary N) is 1. The average Bonchev–Trinajstić information content (AvgIpc) is 2.38. The first-order chi connectivity index (χ1) is 7.18. The molecule has 0 spiro atoms. The lowest BCUT2D eigenvalue weighted by Crippen LogP contribution is -2.31. The van der Waals surface area contributed by atoms with E-state index in [9.17, 15) is 0 Å². The Morgan fingerprint density at radius 3 is 2.93 bits per heavy atom. The molecule has 1 N–H and O–H groups in total. The van der Waals surface area contributed by atoms with Crippen molar-refractivity contribution >= 4 is 27.3 Å². The fourth-order valence-corrected chi connectivity index (χ4v) is 2.39. The lowest BCUT2D eigenvalue weighted by Gasteiger charge is -2.28. The van der Waals surface area contributed by atoms with E-state index in [0.29, 0.717) is 6.04 Å². The normalized spacial score (nSPS) is 15.9. The monoisotopic (exact) mass is 268 g/mol. The summed E-state index contributed by atoms with van der Waals surface area (Å²) in [5, 5.41) is 3.48. The van der Waals surface area contributed by atoms with E-state index in [-0.39, 0.29) is 0 Å². The molecule has 1 aliphatic heterocycles. The summed E-state index contributed by atoms with van der Waals surface area (Å²) < 4.78 is 1.14. The van der Waals surface area contributed by atoms with Crippen LogP contribution in [0.25, 0.3) is 0 Å². The van der Waals surface area contributed by atoms with E-state index < -0.39 is 0 Å². The molecule has 1 aromatic rings. The second-order valence-corrected chi connectivity index (χ2v) is 5.14. The summed E-state index contributed by atoms with van der Waals surface area (Å²) in [6.45, 7) is 6.69. The SMILES string of the molecule is CC(C)N1CCCNc2cc(Br)ccc21. The molecule has 0 atom stereocenters. The van der Waals surface area contributed by atoms with Gasteiger partial charge < -0.3 is 10.2 Å². The first-order valence-electron chi connectivity index (χ1n) is 5.48. The quantitative estimate of drug-likeness (QED) is 0.839. The number of fused-ring (bicyclic) bond motifs is 1. The van der Waals surface area contributed by atoms with Crippen LogP contribution in [0.2, 0.25) is 0 Å². The van der Waals surface area contributed by atoms with Gasteiger partial charge in [-0.3, -0.25) is 0 Å². The van der Waals surface area contributed by atoms with Gasteiger partial charge in [-0.15, -0.1) is 0 Å². The largest absolute Gasteiger partial charge is 0.383 e. The number of rotatable bonds is 1. The second kappa shape index (κ2) is 4.44. The minimum Gasteiger partial charge on any atom is -0.383 e. The van der Waals surface area contributed by atoms with Crippen LogP contribution in [0.4, 0.5) is 11.4 Å². The number of nitrogens with zero attached hydrogens (tertiary/aromatic N) is 1. The van der Waals surface area contributed by atoms with Gasteiger partial charge in [0.15, 0.2) is 0 Å². The molecule has 15 heavy (non-hydrogen) atoms. The number of benzene rings is 1. The summed E-state index contributed by atoms with van der Waals surface area (Å²) in [4.78, 5) is 2.46. The molecule has 0 fully saturated rings. The van der Waals surface area contributed by atoms with Gasteiger partial charge in [-0.1, -0.05) is 15.9 Å². The molecule has 1 aliphatic rings. The van der Waals surface area contributed by atoms with Crippen molar-refractivity contribution in [2.45, 2.75) is 26.3 Å². The Balaban J connectivity index is 2.40. The van der Waals surface area contributed by atoms with E-state index >= 15 is 0 Å². The molecule has 0 saturated heterocycles. The topological polar surface area (TPSA) is 15.3 Å². The minimum atomic E-state index is 0.560. The third-order valence-electron chi connectivity index (χ3n) is 2.78. The third-order valence-corrected chi connectivity index (χ3v) is 3.28. The maximum Gasteiger partial charge on any atom is 0.0605 e. The Morgan fingerprint density at radius 2 is 2.20 bits per heavy atom. The summed E-state index contributed by atoms with van der Waals surface area (Å²) in [5.74, 6) is 0. The Morgan fingerprint density at radius 1 is 1.40 bits per heavy atom. The second-order valence-electron chi connectivity index (χ2n) is 4.23. The van der Waals surface area contributed by atoms with Crippen LogP contribution in [-0.4, -0.2) is 19.1 Å². The van der Waals surface area contributed by atoms with Gasteiger partial charge in [0.25, 0.3) is 0 Å². The van der Waals surface area contributed by atoms with Gasteiger partial charge in [-0.05, 0) is 38.5 Å². The van der Waals surface area contributed by atoms with Gasteiger partial charge in [0.2, 0.25) is 0 Å². The fraction of sp³-hybridized carbons (Fsp3) is 0.500. The zero-order chi connectivity index (χ0) is 10.8. The van der Waals surface area contributed by atoms with Gasteiger partial charge in [0, 0.05) is 23.6 Å². The fourth-order valence-electron chi connectivity index (χ4n) is 2.03. The molecule has 0 unspecified atom stereocenters. The first kappa shape index (κ1) is 10.8. The van der Waals surface area contributed by atoms with Crippen molar-refractivity contribution in [3.63, 3.8) is 0 Å². The molecule has 0 aromatic heterocycles. The van der Waals surface area contributed by atoms with Gasteiger partial charge in [0.1, 0.15) is 0 Å². The lowest BCUT2D eigenvalue weighted by atomic mass is 10.2. The summed E-state index contributed by atoms with van der Waals surface area (Å²) >= 11 is 3.51. The molecular weight excluding hydrogens is 252 g/mol. The Labute approximate surface area is 99.8 Å². The molecular formula is C12H17BrN2. The highest BCUT2D eigenvalue weighted by Gasteiger charge is 2.16. The molecule has 82 valence electrons. The van der Waals surface area contributed by atoms with Crippen LogP contribution in [0.3, 0.4) is 0 Å². The van der Waals surface area contributed by atoms with E-state index in [1.54, 1.807) is 0 Å². The van der Waals surface area contributed by atoms with E-state index in [1.807, 2.05) is 0 Å². The van der Waals surface area contributed by atoms with Crippen molar-refractivity contribution in [3.05, 3.63) is 22.7 Å². The van der Waals surface area contributed by atoms with Crippen molar-refractivity contribution in [1.29, 1.82) is 0 Å². The van der Waals surface area contributed by atoms with Crippen LogP contribution in [0.15, 0.2) is 22.7 Å². The van der Waals surface area contributed by atoms with E-state index in [2.05, 4.69) is 58.2 Å². The number of hydrogen-bond acceptors (Lipinski definition) is 2. The third kappa shape index (κ3) is 2.28. The summed E-state index contributed by atoms with van der Waals surface area (Å²) in [5.41, 5.74) is 2.57. The zero-order valence-electron chi connectivity index (χ0n) is 9.26. The van der Waals surface area contributed by atoms with Crippen LogP contribution < -0.4 is 10.2 Å². The van der Waals surface area contributed by atoms with Gasteiger partial charge in [-0.2, -0.15) is 0 Å². The highest BCUT2D eigenvalue weighted by molar-refractivity contribution is 9.10. The van der Waals surface area contributed by atoms with Gasteiger partial charge >= 0.3 is 0 Å². The number of anilines is 2. The van der Waals surface area contributed by atoms with Crippen LogP contribution in [0, 0.1) is 0 Å². The maximum atomic E-state index is 3.51. The lowest BCUT2D eigenvalue weighted by molar-refractivity contribution is 0.672. The molecule has 2 rings (SSSR count). The van der Waals surface area contributed by atoms with Gasteiger partial charge in [-0.25, -0.2) is 0 Å².